The van der Waals surface area contributed by atoms with Crippen molar-refractivity contribution in [2.24, 2.45) is 0 Å². The monoisotopic (exact) mass is 444 g/mol. The van der Waals surface area contributed by atoms with Gasteiger partial charge in [0.05, 0.1) is 42.8 Å². The van der Waals surface area contributed by atoms with Crippen molar-refractivity contribution in [3.8, 4) is 11.4 Å². The lowest BCUT2D eigenvalue weighted by Gasteiger charge is -2.41. The summed E-state index contributed by atoms with van der Waals surface area (Å²) in [5, 5.41) is 3.82. The van der Waals surface area contributed by atoms with Crippen molar-refractivity contribution in [1.82, 2.24) is 14.5 Å². The molecule has 0 aliphatic carbocycles. The standard InChI is InChI=1S/C26H28N4O3/c1-32-20-4-5-22-21(16-20)28-26(23-3-2-12-30(22)23)17-25(33-18-26)8-13-29(14-9-25)24(31)15-19-6-10-27-11-7-19/h2-7,10-12,16,28H,8-9,13-15,17-18H2,1H3. The molecular formula is C26H28N4O3. The number of anilines is 1. The number of hydrogen-bond donors (Lipinski definition) is 1. The van der Waals surface area contributed by atoms with Crippen molar-refractivity contribution in [2.45, 2.75) is 36.8 Å². The number of likely N-dealkylation sites (tertiary alicyclic amines) is 1. The lowest BCUT2D eigenvalue weighted by molar-refractivity contribution is -0.135. The Balaban J connectivity index is 1.20. The predicted octanol–water partition coefficient (Wildman–Crippen LogP) is 3.53. The Bertz CT molecular complexity index is 1180. The quantitative estimate of drug-likeness (QED) is 0.670. The van der Waals surface area contributed by atoms with Crippen LogP contribution in [-0.4, -0.2) is 52.8 Å². The van der Waals surface area contributed by atoms with E-state index in [0.29, 0.717) is 13.0 Å². The average molecular weight is 445 g/mol. The molecule has 2 aromatic heterocycles. The van der Waals surface area contributed by atoms with Crippen LogP contribution >= 0.6 is 0 Å². The fraction of sp³-hybridized carbons (Fsp3) is 0.385. The lowest BCUT2D eigenvalue weighted by atomic mass is 9.79. The van der Waals surface area contributed by atoms with E-state index in [0.717, 1.165) is 55.0 Å². The molecule has 170 valence electrons. The molecule has 3 aliphatic heterocycles. The summed E-state index contributed by atoms with van der Waals surface area (Å²) in [5.41, 5.74) is 3.92. The molecule has 7 nitrogen and oxygen atoms in total. The summed E-state index contributed by atoms with van der Waals surface area (Å²) < 4.78 is 14.3. The molecule has 0 radical (unpaired) electrons. The molecule has 1 N–H and O–H groups in total. The van der Waals surface area contributed by atoms with Gasteiger partial charge in [-0.25, -0.2) is 0 Å². The van der Waals surface area contributed by atoms with Gasteiger partial charge < -0.3 is 24.3 Å². The normalized spacial score (nSPS) is 22.6. The first-order valence-corrected chi connectivity index (χ1v) is 11.5. The zero-order chi connectivity index (χ0) is 22.5. The van der Waals surface area contributed by atoms with Gasteiger partial charge in [-0.1, -0.05) is 0 Å². The van der Waals surface area contributed by atoms with Crippen molar-refractivity contribution in [3.05, 3.63) is 72.3 Å². The molecule has 3 aromatic rings. The molecule has 2 saturated heterocycles. The van der Waals surface area contributed by atoms with E-state index >= 15 is 0 Å². The van der Waals surface area contributed by atoms with Crippen LogP contribution < -0.4 is 10.1 Å². The minimum Gasteiger partial charge on any atom is -0.497 e. The SMILES string of the molecule is COc1ccc2c(c1)NC1(COC3(CCN(C(=O)Cc4ccncc4)CC3)C1)c1cccn1-2. The molecule has 6 rings (SSSR count). The van der Waals surface area contributed by atoms with Crippen LogP contribution in [0.1, 0.15) is 30.5 Å². The maximum absolute atomic E-state index is 12.8. The molecule has 1 unspecified atom stereocenters. The fourth-order valence-corrected chi connectivity index (χ4v) is 5.70. The molecule has 3 aliphatic rings. The van der Waals surface area contributed by atoms with Gasteiger partial charge in [-0.2, -0.15) is 0 Å². The largest absolute Gasteiger partial charge is 0.497 e. The van der Waals surface area contributed by atoms with Crippen LogP contribution in [0.25, 0.3) is 5.69 Å². The number of rotatable bonds is 3. The number of fused-ring (bicyclic) bond motifs is 4. The summed E-state index contributed by atoms with van der Waals surface area (Å²) in [5.74, 6) is 1.01. The van der Waals surface area contributed by atoms with Crippen LogP contribution in [-0.2, 0) is 21.5 Å². The molecule has 2 spiro atoms. The first kappa shape index (κ1) is 20.3. The highest BCUT2D eigenvalue weighted by atomic mass is 16.5. The summed E-state index contributed by atoms with van der Waals surface area (Å²) in [6.45, 7) is 2.06. The van der Waals surface area contributed by atoms with Crippen molar-refractivity contribution in [1.29, 1.82) is 0 Å². The van der Waals surface area contributed by atoms with Gasteiger partial charge in [-0.15, -0.1) is 0 Å². The van der Waals surface area contributed by atoms with Gasteiger partial charge in [-0.3, -0.25) is 9.78 Å². The average Bonchev–Trinajstić information content (AvgIpc) is 3.47. The Hall–Kier alpha value is -3.32. The Kier molecular flexibility index (Phi) is 4.69. The first-order chi connectivity index (χ1) is 16.1. The highest BCUT2D eigenvalue weighted by molar-refractivity contribution is 5.79. The Morgan fingerprint density at radius 2 is 2.00 bits per heavy atom. The van der Waals surface area contributed by atoms with Gasteiger partial charge in [0.1, 0.15) is 11.3 Å². The summed E-state index contributed by atoms with van der Waals surface area (Å²) in [6.07, 6.45) is 8.60. The van der Waals surface area contributed by atoms with Crippen LogP contribution in [0.5, 0.6) is 5.75 Å². The number of methoxy groups -OCH3 is 1. The topological polar surface area (TPSA) is 68.6 Å². The summed E-state index contributed by atoms with van der Waals surface area (Å²) >= 11 is 0. The lowest BCUT2D eigenvalue weighted by Crippen LogP contribution is -2.48. The van der Waals surface area contributed by atoms with Crippen molar-refractivity contribution in [2.75, 3.05) is 32.1 Å². The molecule has 5 heterocycles. The number of aromatic nitrogens is 2. The third-order valence-corrected chi connectivity index (χ3v) is 7.46. The first-order valence-electron chi connectivity index (χ1n) is 11.5. The second kappa shape index (κ2) is 7.63. The number of carbonyl (C=O) groups is 1. The zero-order valence-electron chi connectivity index (χ0n) is 18.8. The molecule has 33 heavy (non-hydrogen) atoms. The molecule has 0 bridgehead atoms. The van der Waals surface area contributed by atoms with Gasteiger partial charge in [0.2, 0.25) is 5.91 Å². The molecule has 1 atom stereocenters. The summed E-state index contributed by atoms with van der Waals surface area (Å²) in [6, 6.07) is 14.3. The third-order valence-electron chi connectivity index (χ3n) is 7.46. The number of hydrogen-bond acceptors (Lipinski definition) is 5. The highest BCUT2D eigenvalue weighted by Gasteiger charge is 2.54. The van der Waals surface area contributed by atoms with Crippen LogP contribution in [0.15, 0.2) is 61.1 Å². The highest BCUT2D eigenvalue weighted by Crippen LogP contribution is 2.50. The van der Waals surface area contributed by atoms with Crippen molar-refractivity contribution in [3.63, 3.8) is 0 Å². The number of nitrogens with one attached hydrogen (secondary N) is 1. The van der Waals surface area contributed by atoms with Crippen LogP contribution in [0.4, 0.5) is 5.69 Å². The Labute approximate surface area is 193 Å². The maximum atomic E-state index is 12.8. The fourth-order valence-electron chi connectivity index (χ4n) is 5.70. The Morgan fingerprint density at radius 1 is 1.18 bits per heavy atom. The number of benzene rings is 1. The van der Waals surface area contributed by atoms with Crippen molar-refractivity contribution < 1.29 is 14.3 Å². The maximum Gasteiger partial charge on any atom is 0.226 e. The van der Waals surface area contributed by atoms with Gasteiger partial charge in [0.25, 0.3) is 0 Å². The molecule has 0 saturated carbocycles. The van der Waals surface area contributed by atoms with Crippen LogP contribution in [0.2, 0.25) is 0 Å². The molecule has 1 aromatic carbocycles. The van der Waals surface area contributed by atoms with Crippen LogP contribution in [0, 0.1) is 0 Å². The zero-order valence-corrected chi connectivity index (χ0v) is 18.8. The summed E-state index contributed by atoms with van der Waals surface area (Å²) in [4.78, 5) is 18.8. The van der Waals surface area contributed by atoms with E-state index in [1.165, 1.54) is 5.69 Å². The predicted molar refractivity (Wildman–Crippen MR) is 125 cm³/mol. The van der Waals surface area contributed by atoms with E-state index in [4.69, 9.17) is 9.47 Å². The van der Waals surface area contributed by atoms with E-state index in [9.17, 15) is 4.79 Å². The van der Waals surface area contributed by atoms with E-state index in [2.05, 4.69) is 45.3 Å². The van der Waals surface area contributed by atoms with Gasteiger partial charge in [-0.05, 0) is 54.8 Å². The number of pyridine rings is 1. The van der Waals surface area contributed by atoms with Gasteiger partial charge >= 0.3 is 0 Å². The Morgan fingerprint density at radius 3 is 2.79 bits per heavy atom. The number of carbonyl (C=O) groups excluding carboxylic acids is 1. The third kappa shape index (κ3) is 3.38. The number of piperidine rings is 1. The molecular weight excluding hydrogens is 416 g/mol. The summed E-state index contributed by atoms with van der Waals surface area (Å²) in [7, 11) is 1.69. The van der Waals surface area contributed by atoms with Crippen molar-refractivity contribution >= 4 is 11.6 Å². The molecule has 7 heteroatoms. The number of nitrogens with zero attached hydrogens (tertiary/aromatic N) is 3. The van der Waals surface area contributed by atoms with Crippen LogP contribution in [0.3, 0.4) is 0 Å². The van der Waals surface area contributed by atoms with Gasteiger partial charge in [0, 0.05) is 44.2 Å². The van der Waals surface area contributed by atoms with E-state index in [1.54, 1.807) is 19.5 Å². The number of amides is 1. The molecule has 2 fully saturated rings. The van der Waals surface area contributed by atoms with Gasteiger partial charge in [0.15, 0.2) is 0 Å². The minimum absolute atomic E-state index is 0.175. The smallest absolute Gasteiger partial charge is 0.226 e. The molecule has 1 amide bonds. The second-order valence-corrected chi connectivity index (χ2v) is 9.42. The minimum atomic E-state index is -0.286. The second-order valence-electron chi connectivity index (χ2n) is 9.42. The van der Waals surface area contributed by atoms with E-state index in [-0.39, 0.29) is 17.0 Å². The number of ether oxygens (including phenoxy) is 2. The van der Waals surface area contributed by atoms with E-state index < -0.39 is 0 Å². The van der Waals surface area contributed by atoms with E-state index in [1.807, 2.05) is 23.1 Å².